The zero-order valence-electron chi connectivity index (χ0n) is 28.7. The second-order valence-electron chi connectivity index (χ2n) is 11.5. The van der Waals surface area contributed by atoms with E-state index in [0.717, 1.165) is 103 Å². The molecule has 0 saturated carbocycles. The van der Waals surface area contributed by atoms with Gasteiger partial charge in [-0.2, -0.15) is 0 Å². The summed E-state index contributed by atoms with van der Waals surface area (Å²) in [7, 11) is 0. The molecule has 6 nitrogen and oxygen atoms in total. The fourth-order valence-electron chi connectivity index (χ4n) is 4.41. The molecule has 256 valence electrons. The number of carbonyl (C=O) groups excluding carboxylic acids is 2. The maximum atomic E-state index is 12.1. The average molecular weight is 629 g/mol. The van der Waals surface area contributed by atoms with E-state index in [1.165, 1.54) is 6.92 Å². The Morgan fingerprint density at radius 3 is 1.33 bits per heavy atom. The van der Waals surface area contributed by atoms with Gasteiger partial charge in [0.15, 0.2) is 6.10 Å². The van der Waals surface area contributed by atoms with Crippen LogP contribution in [0.25, 0.3) is 0 Å². The standard InChI is InChI=1S/C39H64O6/c1-4-6-8-10-12-14-16-18-20-22-24-26-28-30-32-34-37(40)44-36(3)39(42,43)45-38(41)35-33-31-29-27-25-23-21-19-17-15-13-11-9-7-5-2/h6-9,12-15,18-21,36,42-43H,4-5,10-11,16-17,22-35H2,1-3H3/b8-6-,9-7-,14-12-,15-13-,20-18-,21-19-. The third kappa shape index (κ3) is 29.8. The summed E-state index contributed by atoms with van der Waals surface area (Å²) in [5.41, 5.74) is 0. The predicted molar refractivity (Wildman–Crippen MR) is 187 cm³/mol. The summed E-state index contributed by atoms with van der Waals surface area (Å²) in [6.07, 6.45) is 43.0. The molecule has 6 heteroatoms. The quantitative estimate of drug-likeness (QED) is 0.0370. The van der Waals surface area contributed by atoms with Crippen LogP contribution in [0.3, 0.4) is 0 Å². The van der Waals surface area contributed by atoms with Crippen LogP contribution >= 0.6 is 0 Å². The van der Waals surface area contributed by atoms with Gasteiger partial charge in [-0.1, -0.05) is 125 Å². The molecular formula is C39H64O6. The van der Waals surface area contributed by atoms with Crippen molar-refractivity contribution >= 4 is 11.9 Å². The first-order valence-corrected chi connectivity index (χ1v) is 17.6. The first-order valence-electron chi connectivity index (χ1n) is 17.6. The Labute approximate surface area is 275 Å². The van der Waals surface area contributed by atoms with Crippen LogP contribution in [0.2, 0.25) is 0 Å². The first kappa shape index (κ1) is 42.3. The van der Waals surface area contributed by atoms with Crippen LogP contribution in [0.1, 0.15) is 149 Å². The van der Waals surface area contributed by atoms with Crippen molar-refractivity contribution in [2.24, 2.45) is 0 Å². The van der Waals surface area contributed by atoms with E-state index in [9.17, 15) is 19.8 Å². The Morgan fingerprint density at radius 1 is 0.533 bits per heavy atom. The Morgan fingerprint density at radius 2 is 0.889 bits per heavy atom. The monoisotopic (exact) mass is 628 g/mol. The Hall–Kier alpha value is -2.70. The highest BCUT2D eigenvalue weighted by Gasteiger charge is 2.38. The molecule has 0 rings (SSSR count). The zero-order valence-corrected chi connectivity index (χ0v) is 28.7. The minimum atomic E-state index is -2.84. The molecule has 2 N–H and O–H groups in total. The SMILES string of the molecule is CC/C=C\C/C=C\C/C=C\CCCCCCCC(=O)OC(C)C(O)(O)OC(=O)CCCCCCC/C=C\C/C=C\C/C=C\CC. The molecule has 0 heterocycles. The number of rotatable bonds is 29. The number of hydrogen-bond acceptors (Lipinski definition) is 6. The van der Waals surface area contributed by atoms with Gasteiger partial charge in [0.05, 0.1) is 0 Å². The minimum Gasteiger partial charge on any atom is -0.453 e. The van der Waals surface area contributed by atoms with Crippen molar-refractivity contribution in [3.05, 3.63) is 72.9 Å². The summed E-state index contributed by atoms with van der Waals surface area (Å²) in [6, 6.07) is 0. The molecule has 0 bridgehead atoms. The number of allylic oxidation sites excluding steroid dienone is 12. The van der Waals surface area contributed by atoms with E-state index in [1.807, 2.05) is 0 Å². The van der Waals surface area contributed by atoms with Crippen LogP contribution in [0.15, 0.2) is 72.9 Å². The van der Waals surface area contributed by atoms with Crippen molar-refractivity contribution < 1.29 is 29.3 Å². The van der Waals surface area contributed by atoms with Crippen LogP contribution < -0.4 is 0 Å². The highest BCUT2D eigenvalue weighted by atomic mass is 16.8. The Bertz CT molecular complexity index is 893. The van der Waals surface area contributed by atoms with Crippen molar-refractivity contribution in [2.75, 3.05) is 0 Å². The summed E-state index contributed by atoms with van der Waals surface area (Å²) < 4.78 is 9.94. The van der Waals surface area contributed by atoms with E-state index in [2.05, 4.69) is 86.8 Å². The molecule has 0 aromatic carbocycles. The number of aliphatic hydroxyl groups is 2. The van der Waals surface area contributed by atoms with Crippen LogP contribution in [0, 0.1) is 0 Å². The van der Waals surface area contributed by atoms with Gasteiger partial charge in [-0.15, -0.1) is 0 Å². The van der Waals surface area contributed by atoms with Crippen molar-refractivity contribution in [1.29, 1.82) is 0 Å². The van der Waals surface area contributed by atoms with Gasteiger partial charge in [0.1, 0.15) is 0 Å². The molecule has 0 aromatic heterocycles. The third-order valence-electron chi connectivity index (χ3n) is 7.17. The number of esters is 2. The molecule has 0 fully saturated rings. The summed E-state index contributed by atoms with van der Waals surface area (Å²) >= 11 is 0. The number of ether oxygens (including phenoxy) is 2. The number of hydrogen-bond donors (Lipinski definition) is 2. The lowest BCUT2D eigenvalue weighted by molar-refractivity contribution is -0.356. The molecule has 0 amide bonds. The van der Waals surface area contributed by atoms with Gasteiger partial charge in [-0.05, 0) is 84.0 Å². The topological polar surface area (TPSA) is 93.1 Å². The molecule has 0 aliphatic rings. The minimum absolute atomic E-state index is 0.0903. The van der Waals surface area contributed by atoms with E-state index in [4.69, 9.17) is 9.47 Å². The molecule has 0 aromatic rings. The van der Waals surface area contributed by atoms with Crippen molar-refractivity contribution in [1.82, 2.24) is 0 Å². The first-order chi connectivity index (χ1) is 21.8. The van der Waals surface area contributed by atoms with Gasteiger partial charge in [0.2, 0.25) is 0 Å². The van der Waals surface area contributed by atoms with Gasteiger partial charge in [0.25, 0.3) is 0 Å². The van der Waals surface area contributed by atoms with Crippen LogP contribution in [-0.4, -0.2) is 34.2 Å². The molecule has 45 heavy (non-hydrogen) atoms. The average Bonchev–Trinajstić information content (AvgIpc) is 3.00. The van der Waals surface area contributed by atoms with Gasteiger partial charge in [0, 0.05) is 12.8 Å². The fourth-order valence-corrected chi connectivity index (χ4v) is 4.41. The fraction of sp³-hybridized carbons (Fsp3) is 0.641. The Balaban J connectivity index is 3.82. The lowest BCUT2D eigenvalue weighted by Gasteiger charge is -2.27. The van der Waals surface area contributed by atoms with E-state index >= 15 is 0 Å². The zero-order chi connectivity index (χ0) is 33.3. The highest BCUT2D eigenvalue weighted by molar-refractivity contribution is 5.70. The lowest BCUT2D eigenvalue weighted by atomic mass is 10.1. The summed E-state index contributed by atoms with van der Waals surface area (Å²) in [5.74, 6) is -4.08. The van der Waals surface area contributed by atoms with Gasteiger partial charge < -0.3 is 19.7 Å². The summed E-state index contributed by atoms with van der Waals surface area (Å²) in [5, 5.41) is 20.3. The van der Waals surface area contributed by atoms with Crippen LogP contribution in [0.4, 0.5) is 0 Å². The molecule has 1 atom stereocenters. The van der Waals surface area contributed by atoms with Crippen LogP contribution in [0.5, 0.6) is 0 Å². The maximum Gasteiger partial charge on any atom is 0.363 e. The maximum absolute atomic E-state index is 12.1. The van der Waals surface area contributed by atoms with E-state index in [-0.39, 0.29) is 12.8 Å². The van der Waals surface area contributed by atoms with E-state index in [1.54, 1.807) is 0 Å². The van der Waals surface area contributed by atoms with Crippen molar-refractivity contribution in [2.45, 2.75) is 161 Å². The largest absolute Gasteiger partial charge is 0.453 e. The highest BCUT2D eigenvalue weighted by Crippen LogP contribution is 2.17. The molecule has 0 aliphatic carbocycles. The van der Waals surface area contributed by atoms with E-state index in [0.29, 0.717) is 12.8 Å². The molecule has 1 unspecified atom stereocenters. The van der Waals surface area contributed by atoms with Crippen molar-refractivity contribution in [3.8, 4) is 0 Å². The Kier molecular flexibility index (Phi) is 29.4. The van der Waals surface area contributed by atoms with E-state index < -0.39 is 24.0 Å². The molecular weight excluding hydrogens is 564 g/mol. The predicted octanol–water partition coefficient (Wildman–Crippen LogP) is 10.3. The van der Waals surface area contributed by atoms with Crippen molar-refractivity contribution in [3.63, 3.8) is 0 Å². The second-order valence-corrected chi connectivity index (χ2v) is 11.5. The van der Waals surface area contributed by atoms with Gasteiger partial charge in [-0.3, -0.25) is 9.59 Å². The van der Waals surface area contributed by atoms with Crippen LogP contribution in [-0.2, 0) is 19.1 Å². The molecule has 0 spiro atoms. The van der Waals surface area contributed by atoms with Gasteiger partial charge in [-0.25, -0.2) is 0 Å². The molecule has 0 radical (unpaired) electrons. The number of carbonyl (C=O) groups is 2. The summed E-state index contributed by atoms with van der Waals surface area (Å²) in [4.78, 5) is 24.2. The number of unbranched alkanes of at least 4 members (excludes halogenated alkanes) is 10. The lowest BCUT2D eigenvalue weighted by Crippen LogP contribution is -2.47. The third-order valence-corrected chi connectivity index (χ3v) is 7.17. The summed E-state index contributed by atoms with van der Waals surface area (Å²) in [6.45, 7) is 5.58. The second kappa shape index (κ2) is 31.3. The smallest absolute Gasteiger partial charge is 0.363 e. The normalized spacial score (nSPS) is 13.4. The molecule has 0 aliphatic heterocycles. The van der Waals surface area contributed by atoms with Gasteiger partial charge >= 0.3 is 17.9 Å². The molecule has 0 saturated heterocycles.